The summed E-state index contributed by atoms with van der Waals surface area (Å²) in [6.07, 6.45) is 0. The van der Waals surface area contributed by atoms with Gasteiger partial charge in [0.25, 0.3) is 0 Å². The van der Waals surface area contributed by atoms with Crippen LogP contribution in [0, 0.1) is 0 Å². The van der Waals surface area contributed by atoms with Crippen LogP contribution in [0.25, 0.3) is 0 Å². The first-order valence-corrected chi connectivity index (χ1v) is 6.70. The molecule has 0 bridgehead atoms. The number of halogens is 1. The van der Waals surface area contributed by atoms with Crippen molar-refractivity contribution in [2.75, 3.05) is 46.3 Å². The number of rotatable bonds is 8. The van der Waals surface area contributed by atoms with Crippen LogP contribution in [-0.4, -0.2) is 45.4 Å². The van der Waals surface area contributed by atoms with Crippen molar-refractivity contribution >= 4 is 21.6 Å². The molecule has 1 rings (SSSR count). The number of methoxy groups -OCH3 is 2. The molecule has 4 nitrogen and oxygen atoms in total. The van der Waals surface area contributed by atoms with Crippen LogP contribution in [0.2, 0.25) is 0 Å². The van der Waals surface area contributed by atoms with E-state index in [-0.39, 0.29) is 0 Å². The van der Waals surface area contributed by atoms with Gasteiger partial charge in [-0.05, 0) is 33.6 Å². The van der Waals surface area contributed by atoms with Crippen molar-refractivity contribution in [2.45, 2.75) is 6.54 Å². The van der Waals surface area contributed by atoms with Gasteiger partial charge in [0.1, 0.15) is 0 Å². The Hall–Kier alpha value is -0.620. The van der Waals surface area contributed by atoms with Gasteiger partial charge in [0.15, 0.2) is 0 Å². The fourth-order valence-corrected chi connectivity index (χ4v) is 2.06. The number of benzene rings is 1. The van der Waals surface area contributed by atoms with E-state index in [1.807, 2.05) is 12.1 Å². The summed E-state index contributed by atoms with van der Waals surface area (Å²) in [7, 11) is 3.43. The van der Waals surface area contributed by atoms with Crippen molar-refractivity contribution in [3.8, 4) is 0 Å². The second-order valence-electron chi connectivity index (χ2n) is 4.12. The number of ether oxygens (including phenoxy) is 2. The Labute approximate surface area is 117 Å². The Bertz CT molecular complexity index is 353. The molecule has 0 aliphatic carbocycles. The first-order valence-electron chi connectivity index (χ1n) is 5.91. The van der Waals surface area contributed by atoms with Crippen molar-refractivity contribution in [3.63, 3.8) is 0 Å². The molecular weight excluding hydrogens is 296 g/mol. The first-order chi connectivity index (χ1) is 8.67. The highest BCUT2D eigenvalue weighted by atomic mass is 79.9. The van der Waals surface area contributed by atoms with E-state index in [1.54, 1.807) is 14.2 Å². The minimum absolute atomic E-state index is 0.722. The Morgan fingerprint density at radius 3 is 2.28 bits per heavy atom. The van der Waals surface area contributed by atoms with Gasteiger partial charge in [-0.1, -0.05) is 6.07 Å². The van der Waals surface area contributed by atoms with Crippen LogP contribution in [0.15, 0.2) is 22.7 Å². The van der Waals surface area contributed by atoms with E-state index in [9.17, 15) is 0 Å². The van der Waals surface area contributed by atoms with E-state index in [2.05, 4.69) is 26.9 Å². The predicted octanol–water partition coefficient (Wildman–Crippen LogP) is 2.13. The van der Waals surface area contributed by atoms with Gasteiger partial charge in [-0.15, -0.1) is 0 Å². The highest BCUT2D eigenvalue weighted by molar-refractivity contribution is 9.10. The predicted molar refractivity (Wildman–Crippen MR) is 77.6 cm³/mol. The molecular formula is C13H21BrN2O2. The monoisotopic (exact) mass is 316 g/mol. The third-order valence-electron chi connectivity index (χ3n) is 2.69. The fraction of sp³-hybridized carbons (Fsp3) is 0.538. The molecule has 0 aliphatic heterocycles. The minimum Gasteiger partial charge on any atom is -0.398 e. The van der Waals surface area contributed by atoms with E-state index in [4.69, 9.17) is 15.2 Å². The van der Waals surface area contributed by atoms with Gasteiger partial charge in [-0.25, -0.2) is 0 Å². The van der Waals surface area contributed by atoms with Crippen LogP contribution in [0.1, 0.15) is 5.56 Å². The maximum absolute atomic E-state index is 5.78. The quantitative estimate of drug-likeness (QED) is 0.746. The van der Waals surface area contributed by atoms with Crippen molar-refractivity contribution in [3.05, 3.63) is 28.2 Å². The average molecular weight is 317 g/mol. The number of hydrogen-bond donors (Lipinski definition) is 1. The molecule has 0 heterocycles. The van der Waals surface area contributed by atoms with Gasteiger partial charge >= 0.3 is 0 Å². The molecule has 0 fully saturated rings. The van der Waals surface area contributed by atoms with Crippen LogP contribution >= 0.6 is 15.9 Å². The summed E-state index contributed by atoms with van der Waals surface area (Å²) in [5.74, 6) is 0. The van der Waals surface area contributed by atoms with Gasteiger partial charge in [-0.3, -0.25) is 4.90 Å². The topological polar surface area (TPSA) is 47.7 Å². The lowest BCUT2D eigenvalue weighted by molar-refractivity contribution is 0.110. The second-order valence-corrected chi connectivity index (χ2v) is 4.97. The maximum Gasteiger partial charge on any atom is 0.0589 e. The van der Waals surface area contributed by atoms with Crippen LogP contribution in [0.3, 0.4) is 0 Å². The molecule has 0 aromatic heterocycles. The summed E-state index contributed by atoms with van der Waals surface area (Å²) in [5, 5.41) is 0. The van der Waals surface area contributed by atoms with Gasteiger partial charge in [0.2, 0.25) is 0 Å². The van der Waals surface area contributed by atoms with Crippen LogP contribution < -0.4 is 5.73 Å². The molecule has 0 atom stereocenters. The lowest BCUT2D eigenvalue weighted by Gasteiger charge is -2.21. The summed E-state index contributed by atoms with van der Waals surface area (Å²) in [6, 6.07) is 6.03. The maximum atomic E-state index is 5.78. The van der Waals surface area contributed by atoms with Gasteiger partial charge in [0, 0.05) is 44.0 Å². The van der Waals surface area contributed by atoms with Crippen LogP contribution in [0.4, 0.5) is 5.69 Å². The van der Waals surface area contributed by atoms with Crippen molar-refractivity contribution in [1.29, 1.82) is 0 Å². The summed E-state index contributed by atoms with van der Waals surface area (Å²) < 4.78 is 11.2. The smallest absolute Gasteiger partial charge is 0.0589 e. The number of nitrogens with zero attached hydrogens (tertiary/aromatic N) is 1. The molecule has 0 aliphatic rings. The van der Waals surface area contributed by atoms with E-state index in [1.165, 1.54) is 5.56 Å². The Balaban J connectivity index is 2.59. The Morgan fingerprint density at radius 1 is 1.17 bits per heavy atom. The highest BCUT2D eigenvalue weighted by Gasteiger charge is 2.07. The SMILES string of the molecule is COCCN(CCOC)Cc1ccc(N)c(Br)c1. The average Bonchev–Trinajstić information content (AvgIpc) is 2.37. The molecule has 0 saturated carbocycles. The van der Waals surface area contributed by atoms with E-state index in [0.29, 0.717) is 0 Å². The van der Waals surface area contributed by atoms with E-state index >= 15 is 0 Å². The largest absolute Gasteiger partial charge is 0.398 e. The summed E-state index contributed by atoms with van der Waals surface area (Å²) in [5.41, 5.74) is 7.77. The molecule has 0 saturated heterocycles. The Morgan fingerprint density at radius 2 is 1.78 bits per heavy atom. The third kappa shape index (κ3) is 5.35. The van der Waals surface area contributed by atoms with Crippen molar-refractivity contribution in [1.82, 2.24) is 4.90 Å². The molecule has 1 aromatic rings. The molecule has 2 N–H and O–H groups in total. The van der Waals surface area contributed by atoms with Gasteiger partial charge in [-0.2, -0.15) is 0 Å². The molecule has 1 aromatic carbocycles. The molecule has 102 valence electrons. The molecule has 5 heteroatoms. The fourth-order valence-electron chi connectivity index (χ4n) is 1.64. The third-order valence-corrected chi connectivity index (χ3v) is 3.38. The van der Waals surface area contributed by atoms with Crippen molar-refractivity contribution in [2.24, 2.45) is 0 Å². The zero-order chi connectivity index (χ0) is 13.4. The van der Waals surface area contributed by atoms with E-state index < -0.39 is 0 Å². The van der Waals surface area contributed by atoms with Crippen molar-refractivity contribution < 1.29 is 9.47 Å². The molecule has 0 amide bonds. The molecule has 0 radical (unpaired) electrons. The minimum atomic E-state index is 0.722. The van der Waals surface area contributed by atoms with Gasteiger partial charge in [0.05, 0.1) is 13.2 Å². The lowest BCUT2D eigenvalue weighted by Crippen LogP contribution is -2.30. The van der Waals surface area contributed by atoms with Crippen LogP contribution in [-0.2, 0) is 16.0 Å². The number of nitrogens with two attached hydrogens (primary N) is 1. The molecule has 18 heavy (non-hydrogen) atoms. The number of nitrogen functional groups attached to an aromatic ring is 1. The first kappa shape index (κ1) is 15.4. The standard InChI is InChI=1S/C13H21BrN2O2/c1-17-7-5-16(6-8-18-2)10-11-3-4-13(15)12(14)9-11/h3-4,9H,5-8,10,15H2,1-2H3. The number of anilines is 1. The Kier molecular flexibility index (Phi) is 7.27. The summed E-state index contributed by atoms with van der Waals surface area (Å²) in [6.45, 7) is 4.09. The molecule has 0 spiro atoms. The zero-order valence-electron chi connectivity index (χ0n) is 11.0. The normalized spacial score (nSPS) is 11.1. The number of hydrogen-bond acceptors (Lipinski definition) is 4. The molecule has 0 unspecified atom stereocenters. The van der Waals surface area contributed by atoms with E-state index in [0.717, 1.165) is 43.0 Å². The van der Waals surface area contributed by atoms with Gasteiger partial charge < -0.3 is 15.2 Å². The summed E-state index contributed by atoms with van der Waals surface area (Å²) >= 11 is 3.45. The van der Waals surface area contributed by atoms with Crippen LogP contribution in [0.5, 0.6) is 0 Å². The second kappa shape index (κ2) is 8.48. The lowest BCUT2D eigenvalue weighted by atomic mass is 10.2. The highest BCUT2D eigenvalue weighted by Crippen LogP contribution is 2.21. The summed E-state index contributed by atoms with van der Waals surface area (Å²) in [4.78, 5) is 2.30. The zero-order valence-corrected chi connectivity index (χ0v) is 12.6.